The maximum Gasteiger partial charge on any atom is 0.225 e. The average molecular weight is 367 g/mol. The van der Waals surface area contributed by atoms with Crippen molar-refractivity contribution in [2.24, 2.45) is 0 Å². The van der Waals surface area contributed by atoms with Crippen LogP contribution >= 0.6 is 23.2 Å². The minimum atomic E-state index is -3.41. The summed E-state index contributed by atoms with van der Waals surface area (Å²) in [4.78, 5) is 12.0. The number of carbonyl (C=O) groups is 1. The second kappa shape index (κ2) is 7.17. The molecule has 0 aliphatic rings. The Bertz CT molecular complexity index is 634. The van der Waals surface area contributed by atoms with E-state index in [0.29, 0.717) is 15.7 Å². The van der Waals surface area contributed by atoms with Crippen LogP contribution in [0.2, 0.25) is 10.0 Å². The first kappa shape index (κ1) is 19.2. The highest BCUT2D eigenvalue weighted by atomic mass is 35.5. The van der Waals surface area contributed by atoms with Crippen LogP contribution < -0.4 is 5.32 Å². The Morgan fingerprint density at radius 3 is 2.14 bits per heavy atom. The average Bonchev–Trinajstić information content (AvgIpc) is 2.30. The van der Waals surface area contributed by atoms with Crippen LogP contribution in [0.25, 0.3) is 0 Å². The fourth-order valence-corrected chi connectivity index (χ4v) is 3.93. The van der Waals surface area contributed by atoms with Crippen LogP contribution in [-0.2, 0) is 14.8 Å². The number of nitrogens with one attached hydrogen (secondary N) is 1. The van der Waals surface area contributed by atoms with Gasteiger partial charge >= 0.3 is 0 Å². The standard InChI is InChI=1S/C14H20Cl2N2O3S/c1-14(2,3)18(22(4,20)21)9-8-12(19)17-13-10(15)6-5-7-11(13)16/h5-7H,8-9H2,1-4H3,(H,17,19). The first-order valence-corrected chi connectivity index (χ1v) is 9.25. The quantitative estimate of drug-likeness (QED) is 0.868. The van der Waals surface area contributed by atoms with E-state index in [4.69, 9.17) is 23.2 Å². The molecule has 0 unspecified atom stereocenters. The van der Waals surface area contributed by atoms with Crippen LogP contribution in [0.1, 0.15) is 27.2 Å². The molecule has 0 heterocycles. The van der Waals surface area contributed by atoms with Crippen molar-refractivity contribution in [2.75, 3.05) is 18.1 Å². The summed E-state index contributed by atoms with van der Waals surface area (Å²) in [6.45, 7) is 5.40. The Kier molecular flexibility index (Phi) is 6.27. The topological polar surface area (TPSA) is 66.5 Å². The Morgan fingerprint density at radius 2 is 1.73 bits per heavy atom. The van der Waals surface area contributed by atoms with Gasteiger partial charge in [0.05, 0.1) is 22.0 Å². The summed E-state index contributed by atoms with van der Waals surface area (Å²) in [5.41, 5.74) is -0.270. The Morgan fingerprint density at radius 1 is 1.23 bits per heavy atom. The molecule has 0 radical (unpaired) electrons. The third-order valence-corrected chi connectivity index (χ3v) is 5.08. The van der Waals surface area contributed by atoms with Gasteiger partial charge in [-0.3, -0.25) is 4.79 Å². The Hall–Kier alpha value is -0.820. The number of rotatable bonds is 5. The summed E-state index contributed by atoms with van der Waals surface area (Å²) in [5, 5.41) is 3.27. The van der Waals surface area contributed by atoms with Gasteiger partial charge in [0.15, 0.2) is 0 Å². The zero-order valence-corrected chi connectivity index (χ0v) is 15.3. The molecular formula is C14H20Cl2N2O3S. The maximum absolute atomic E-state index is 12.0. The second-order valence-electron chi connectivity index (χ2n) is 5.90. The van der Waals surface area contributed by atoms with Gasteiger partial charge in [-0.25, -0.2) is 8.42 Å². The van der Waals surface area contributed by atoms with Crippen molar-refractivity contribution in [3.8, 4) is 0 Å². The Labute approximate surface area is 141 Å². The van der Waals surface area contributed by atoms with Gasteiger partial charge in [0.25, 0.3) is 0 Å². The van der Waals surface area contributed by atoms with Gasteiger partial charge < -0.3 is 5.32 Å². The number of para-hydroxylation sites is 1. The van der Waals surface area contributed by atoms with Gasteiger partial charge in [0, 0.05) is 18.5 Å². The first-order valence-electron chi connectivity index (χ1n) is 6.64. The number of hydrogen-bond donors (Lipinski definition) is 1. The highest BCUT2D eigenvalue weighted by molar-refractivity contribution is 7.88. The SMILES string of the molecule is CC(C)(C)N(CCC(=O)Nc1c(Cl)cccc1Cl)S(C)(=O)=O. The lowest BCUT2D eigenvalue weighted by molar-refractivity contribution is -0.116. The fourth-order valence-electron chi connectivity index (χ4n) is 2.02. The van der Waals surface area contributed by atoms with Crippen molar-refractivity contribution in [1.82, 2.24) is 4.31 Å². The number of carbonyl (C=O) groups excluding carboxylic acids is 1. The third kappa shape index (κ3) is 5.43. The van der Waals surface area contributed by atoms with E-state index in [2.05, 4.69) is 5.32 Å². The molecule has 1 amide bonds. The minimum Gasteiger partial charge on any atom is -0.324 e. The predicted octanol–water partition coefficient (Wildman–Crippen LogP) is 3.38. The van der Waals surface area contributed by atoms with Crippen molar-refractivity contribution in [3.63, 3.8) is 0 Å². The maximum atomic E-state index is 12.0. The van der Waals surface area contributed by atoms with Crippen molar-refractivity contribution in [2.45, 2.75) is 32.7 Å². The predicted molar refractivity (Wildman–Crippen MR) is 91.0 cm³/mol. The van der Waals surface area contributed by atoms with Crippen molar-refractivity contribution >= 4 is 44.8 Å². The molecule has 0 aliphatic carbocycles. The number of halogens is 2. The van der Waals surface area contributed by atoms with Gasteiger partial charge in [-0.1, -0.05) is 29.3 Å². The number of benzene rings is 1. The van der Waals surface area contributed by atoms with Gasteiger partial charge in [-0.2, -0.15) is 4.31 Å². The zero-order chi connectivity index (χ0) is 17.1. The molecule has 0 saturated heterocycles. The number of nitrogens with zero attached hydrogens (tertiary/aromatic N) is 1. The summed E-state index contributed by atoms with van der Waals surface area (Å²) in [7, 11) is -3.41. The Balaban J connectivity index is 2.78. The van der Waals surface area contributed by atoms with E-state index in [1.807, 2.05) is 0 Å². The number of amides is 1. The molecule has 0 aromatic heterocycles. The lowest BCUT2D eigenvalue weighted by Gasteiger charge is -2.33. The lowest BCUT2D eigenvalue weighted by Crippen LogP contribution is -2.46. The fraction of sp³-hybridized carbons (Fsp3) is 0.500. The molecule has 124 valence electrons. The normalized spacial score (nSPS) is 12.5. The third-order valence-electron chi connectivity index (χ3n) is 2.92. The molecule has 8 heteroatoms. The van der Waals surface area contributed by atoms with Crippen molar-refractivity contribution in [1.29, 1.82) is 0 Å². The van der Waals surface area contributed by atoms with Crippen LogP contribution in [0.4, 0.5) is 5.69 Å². The summed E-state index contributed by atoms with van der Waals surface area (Å²) in [6, 6.07) is 4.90. The van der Waals surface area contributed by atoms with E-state index in [-0.39, 0.29) is 18.9 Å². The summed E-state index contributed by atoms with van der Waals surface area (Å²) in [6.07, 6.45) is 1.13. The van der Waals surface area contributed by atoms with Gasteiger partial charge in [0.2, 0.25) is 15.9 Å². The first-order chi connectivity index (χ1) is 9.93. The van der Waals surface area contributed by atoms with Crippen molar-refractivity contribution in [3.05, 3.63) is 28.2 Å². The zero-order valence-electron chi connectivity index (χ0n) is 13.0. The van der Waals surface area contributed by atoms with Gasteiger partial charge in [-0.05, 0) is 32.9 Å². The molecule has 0 atom stereocenters. The second-order valence-corrected chi connectivity index (χ2v) is 8.62. The molecule has 1 aromatic rings. The van der Waals surface area contributed by atoms with Gasteiger partial charge in [-0.15, -0.1) is 0 Å². The molecule has 1 N–H and O–H groups in total. The van der Waals surface area contributed by atoms with Crippen molar-refractivity contribution < 1.29 is 13.2 Å². The summed E-state index contributed by atoms with van der Waals surface area (Å²) in [5.74, 6) is -0.354. The summed E-state index contributed by atoms with van der Waals surface area (Å²) >= 11 is 12.0. The van der Waals surface area contributed by atoms with E-state index in [9.17, 15) is 13.2 Å². The number of anilines is 1. The van der Waals surface area contributed by atoms with Crippen LogP contribution in [0.15, 0.2) is 18.2 Å². The molecule has 5 nitrogen and oxygen atoms in total. The molecule has 0 aliphatic heterocycles. The highest BCUT2D eigenvalue weighted by Crippen LogP contribution is 2.30. The monoisotopic (exact) mass is 366 g/mol. The molecule has 1 rings (SSSR count). The van der Waals surface area contributed by atoms with Crippen LogP contribution in [-0.4, -0.2) is 37.0 Å². The van der Waals surface area contributed by atoms with E-state index in [0.717, 1.165) is 6.26 Å². The molecule has 0 saturated carbocycles. The van der Waals surface area contributed by atoms with Gasteiger partial charge in [0.1, 0.15) is 0 Å². The molecule has 0 spiro atoms. The van der Waals surface area contributed by atoms with E-state index < -0.39 is 15.6 Å². The highest BCUT2D eigenvalue weighted by Gasteiger charge is 2.29. The largest absolute Gasteiger partial charge is 0.324 e. The molecule has 0 bridgehead atoms. The molecule has 22 heavy (non-hydrogen) atoms. The lowest BCUT2D eigenvalue weighted by atomic mass is 10.1. The van der Waals surface area contributed by atoms with Crippen LogP contribution in [0.3, 0.4) is 0 Å². The number of hydrogen-bond acceptors (Lipinski definition) is 3. The van der Waals surface area contributed by atoms with Crippen LogP contribution in [0.5, 0.6) is 0 Å². The summed E-state index contributed by atoms with van der Waals surface area (Å²) < 4.78 is 24.9. The van der Waals surface area contributed by atoms with Crippen LogP contribution in [0, 0.1) is 0 Å². The molecular weight excluding hydrogens is 347 g/mol. The molecule has 0 fully saturated rings. The van der Waals surface area contributed by atoms with E-state index >= 15 is 0 Å². The van der Waals surface area contributed by atoms with E-state index in [1.54, 1.807) is 39.0 Å². The smallest absolute Gasteiger partial charge is 0.225 e. The molecule has 1 aromatic carbocycles. The van der Waals surface area contributed by atoms with E-state index in [1.165, 1.54) is 4.31 Å². The minimum absolute atomic E-state index is 0.00585. The number of sulfonamides is 1.